The molecule has 26 heavy (non-hydrogen) atoms. The second kappa shape index (κ2) is 7.84. The Labute approximate surface area is 165 Å². The van der Waals surface area contributed by atoms with Crippen molar-refractivity contribution in [2.75, 3.05) is 11.9 Å². The second-order valence-corrected chi connectivity index (χ2v) is 6.72. The van der Waals surface area contributed by atoms with Gasteiger partial charge in [-0.1, -0.05) is 34.8 Å². The van der Waals surface area contributed by atoms with Crippen molar-refractivity contribution in [3.05, 3.63) is 74.3 Å². The van der Waals surface area contributed by atoms with Crippen molar-refractivity contribution in [2.24, 2.45) is 0 Å². The van der Waals surface area contributed by atoms with Crippen molar-refractivity contribution in [3.63, 3.8) is 0 Å². The quantitative estimate of drug-likeness (QED) is 0.541. The van der Waals surface area contributed by atoms with Gasteiger partial charge in [-0.2, -0.15) is 5.26 Å². The molecule has 2 aromatic carbocycles. The van der Waals surface area contributed by atoms with E-state index in [0.29, 0.717) is 32.1 Å². The van der Waals surface area contributed by atoms with Gasteiger partial charge in [0.15, 0.2) is 0 Å². The van der Waals surface area contributed by atoms with Gasteiger partial charge in [0, 0.05) is 15.6 Å². The topological polar surface area (TPSA) is 62.1 Å². The number of anilines is 1. The van der Waals surface area contributed by atoms with Crippen LogP contribution in [0.25, 0.3) is 6.08 Å². The third-order valence-electron chi connectivity index (χ3n) is 3.58. The van der Waals surface area contributed by atoms with Crippen LogP contribution in [0.1, 0.15) is 5.56 Å². The van der Waals surface area contributed by atoms with Crippen LogP contribution in [0.4, 0.5) is 5.69 Å². The largest absolute Gasteiger partial charge is 0.488 e. The second-order valence-electron chi connectivity index (χ2n) is 5.44. The van der Waals surface area contributed by atoms with E-state index in [2.05, 4.69) is 5.32 Å². The van der Waals surface area contributed by atoms with Crippen LogP contribution in [0.5, 0.6) is 5.75 Å². The van der Waals surface area contributed by atoms with Gasteiger partial charge in [-0.3, -0.25) is 4.79 Å². The molecule has 7 heteroatoms. The van der Waals surface area contributed by atoms with Crippen molar-refractivity contribution in [1.29, 1.82) is 5.26 Å². The molecule has 0 saturated carbocycles. The van der Waals surface area contributed by atoms with E-state index >= 15 is 0 Å². The van der Waals surface area contributed by atoms with E-state index in [1.807, 2.05) is 12.1 Å². The molecule has 1 heterocycles. The number of nitrogens with one attached hydrogen (secondary N) is 1. The molecule has 0 saturated heterocycles. The highest BCUT2D eigenvalue weighted by molar-refractivity contribution is 6.36. The summed E-state index contributed by atoms with van der Waals surface area (Å²) in [5.74, 6) is 0.106. The fraction of sp³-hybridized carbons (Fsp3) is 0.0526. The first-order valence-electron chi connectivity index (χ1n) is 7.47. The Balaban J connectivity index is 1.85. The molecule has 0 fully saturated rings. The molecule has 0 aliphatic carbocycles. The van der Waals surface area contributed by atoms with Gasteiger partial charge in [0.1, 0.15) is 24.0 Å². The maximum atomic E-state index is 12.4. The fourth-order valence-corrected chi connectivity index (χ4v) is 2.88. The van der Waals surface area contributed by atoms with Gasteiger partial charge >= 0.3 is 0 Å². The van der Waals surface area contributed by atoms with Crippen LogP contribution in [0.3, 0.4) is 0 Å². The summed E-state index contributed by atoms with van der Waals surface area (Å²) in [5, 5.41) is 13.2. The number of amides is 1. The summed E-state index contributed by atoms with van der Waals surface area (Å²) >= 11 is 17.9. The summed E-state index contributed by atoms with van der Waals surface area (Å²) in [6.45, 7) is 0.241. The molecule has 0 bridgehead atoms. The number of benzene rings is 2. The number of fused-ring (bicyclic) bond motifs is 1. The van der Waals surface area contributed by atoms with Gasteiger partial charge < -0.3 is 10.1 Å². The maximum Gasteiger partial charge on any atom is 0.266 e. The highest BCUT2D eigenvalue weighted by Gasteiger charge is 2.15. The third kappa shape index (κ3) is 4.20. The van der Waals surface area contributed by atoms with Crippen LogP contribution in [-0.2, 0) is 4.79 Å². The third-order valence-corrected chi connectivity index (χ3v) is 4.38. The first-order valence-corrected chi connectivity index (χ1v) is 8.61. The SMILES string of the molecule is N#C/C(=C\C1=Cc2cc(Cl)ccc2OC1)C(=O)Nc1cc(Cl)ccc1Cl. The summed E-state index contributed by atoms with van der Waals surface area (Å²) < 4.78 is 5.62. The van der Waals surface area contributed by atoms with Crippen LogP contribution >= 0.6 is 34.8 Å². The summed E-state index contributed by atoms with van der Waals surface area (Å²) in [6, 6.07) is 11.8. The van der Waals surface area contributed by atoms with Gasteiger partial charge in [-0.25, -0.2) is 0 Å². The number of hydrogen-bond donors (Lipinski definition) is 1. The molecule has 0 atom stereocenters. The maximum absolute atomic E-state index is 12.4. The molecule has 4 nitrogen and oxygen atoms in total. The van der Waals surface area contributed by atoms with Crippen LogP contribution < -0.4 is 10.1 Å². The molecule has 2 aromatic rings. The predicted molar refractivity (Wildman–Crippen MR) is 104 cm³/mol. The lowest BCUT2D eigenvalue weighted by Crippen LogP contribution is -2.15. The van der Waals surface area contributed by atoms with Crippen molar-refractivity contribution in [1.82, 2.24) is 0 Å². The van der Waals surface area contributed by atoms with Crippen LogP contribution in [0, 0.1) is 11.3 Å². The Morgan fingerprint density at radius 1 is 1.15 bits per heavy atom. The lowest BCUT2D eigenvalue weighted by atomic mass is 10.0. The molecule has 1 amide bonds. The van der Waals surface area contributed by atoms with Crippen molar-refractivity contribution < 1.29 is 9.53 Å². The molecular weight excluding hydrogens is 395 g/mol. The van der Waals surface area contributed by atoms with E-state index in [1.54, 1.807) is 30.3 Å². The molecular formula is C19H11Cl3N2O2. The van der Waals surface area contributed by atoms with E-state index in [9.17, 15) is 10.1 Å². The smallest absolute Gasteiger partial charge is 0.266 e. The predicted octanol–water partition coefficient (Wildman–Crippen LogP) is 5.51. The fourth-order valence-electron chi connectivity index (χ4n) is 2.37. The van der Waals surface area contributed by atoms with Gasteiger partial charge in [0.2, 0.25) is 0 Å². The Morgan fingerprint density at radius 3 is 2.65 bits per heavy atom. The lowest BCUT2D eigenvalue weighted by Gasteiger charge is -2.16. The number of rotatable bonds is 3. The summed E-state index contributed by atoms with van der Waals surface area (Å²) in [5.41, 5.74) is 1.70. The average molecular weight is 406 g/mol. The summed E-state index contributed by atoms with van der Waals surface area (Å²) in [7, 11) is 0. The first-order chi connectivity index (χ1) is 12.5. The molecule has 1 N–H and O–H groups in total. The molecule has 0 aromatic heterocycles. The molecule has 0 radical (unpaired) electrons. The van der Waals surface area contributed by atoms with Gasteiger partial charge in [-0.05, 0) is 54.1 Å². The normalized spacial score (nSPS) is 13.2. The summed E-state index contributed by atoms with van der Waals surface area (Å²) in [6.07, 6.45) is 3.29. The van der Waals surface area contributed by atoms with Crippen molar-refractivity contribution in [3.8, 4) is 11.8 Å². The van der Waals surface area contributed by atoms with Gasteiger partial charge in [0.25, 0.3) is 5.91 Å². The van der Waals surface area contributed by atoms with Gasteiger partial charge in [0.05, 0.1) is 10.7 Å². The minimum absolute atomic E-state index is 0.0821. The van der Waals surface area contributed by atoms with E-state index in [0.717, 1.165) is 5.56 Å². The number of carbonyl (C=O) groups is 1. The minimum Gasteiger partial charge on any atom is -0.488 e. The zero-order valence-corrected chi connectivity index (χ0v) is 15.5. The number of hydrogen-bond acceptors (Lipinski definition) is 3. The Bertz CT molecular complexity index is 991. The minimum atomic E-state index is -0.588. The highest BCUT2D eigenvalue weighted by Crippen LogP contribution is 2.30. The number of carbonyl (C=O) groups excluding carboxylic acids is 1. The zero-order valence-electron chi connectivity index (χ0n) is 13.2. The van der Waals surface area contributed by atoms with Gasteiger partial charge in [-0.15, -0.1) is 0 Å². The number of nitriles is 1. The van der Waals surface area contributed by atoms with Crippen LogP contribution in [-0.4, -0.2) is 12.5 Å². The number of halogens is 3. The Kier molecular flexibility index (Phi) is 5.53. The molecule has 0 unspecified atom stereocenters. The molecule has 1 aliphatic heterocycles. The van der Waals surface area contributed by atoms with E-state index in [1.165, 1.54) is 12.1 Å². The summed E-state index contributed by atoms with van der Waals surface area (Å²) in [4.78, 5) is 12.4. The van der Waals surface area contributed by atoms with E-state index in [4.69, 9.17) is 39.5 Å². The molecule has 3 rings (SSSR count). The average Bonchev–Trinajstić information content (AvgIpc) is 2.62. The Morgan fingerprint density at radius 2 is 1.88 bits per heavy atom. The molecule has 0 spiro atoms. The first kappa shape index (κ1) is 18.3. The van der Waals surface area contributed by atoms with Crippen LogP contribution in [0.15, 0.2) is 53.6 Å². The molecule has 1 aliphatic rings. The number of nitrogens with zero attached hydrogens (tertiary/aromatic N) is 1. The molecule has 130 valence electrons. The standard InChI is InChI=1S/C19H11Cl3N2O2/c20-14-2-4-18-12(7-14)5-11(10-26-18)6-13(9-23)19(25)24-17-8-15(21)1-3-16(17)22/h1-8H,10H2,(H,24,25)/b13-6+. The number of ether oxygens (including phenoxy) is 1. The highest BCUT2D eigenvalue weighted by atomic mass is 35.5. The van der Waals surface area contributed by atoms with E-state index in [-0.39, 0.29) is 12.2 Å². The Hall–Kier alpha value is -2.45. The van der Waals surface area contributed by atoms with Crippen molar-refractivity contribution >= 4 is 52.5 Å². The van der Waals surface area contributed by atoms with Crippen molar-refractivity contribution in [2.45, 2.75) is 0 Å². The van der Waals surface area contributed by atoms with E-state index < -0.39 is 5.91 Å². The lowest BCUT2D eigenvalue weighted by molar-refractivity contribution is -0.112. The van der Waals surface area contributed by atoms with Crippen LogP contribution in [0.2, 0.25) is 15.1 Å². The monoisotopic (exact) mass is 404 g/mol. The zero-order chi connectivity index (χ0) is 18.7.